The van der Waals surface area contributed by atoms with Crippen LogP contribution in [0.15, 0.2) is 35.1 Å². The Hall–Kier alpha value is -2.63. The molecule has 0 amide bonds. The minimum atomic E-state index is -0.964. The van der Waals surface area contributed by atoms with Gasteiger partial charge in [-0.3, -0.25) is 4.79 Å². The maximum Gasteiger partial charge on any atom is 0.335 e. The minimum absolute atomic E-state index is 0.210. The van der Waals surface area contributed by atoms with Crippen molar-refractivity contribution in [1.82, 2.24) is 9.97 Å². The Morgan fingerprint density at radius 3 is 2.90 bits per heavy atom. The largest absolute Gasteiger partial charge is 0.478 e. The van der Waals surface area contributed by atoms with Crippen LogP contribution in [0.2, 0.25) is 0 Å². The summed E-state index contributed by atoms with van der Waals surface area (Å²) in [6, 6.07) is 7.99. The van der Waals surface area contributed by atoms with Gasteiger partial charge in [0.15, 0.2) is 0 Å². The number of aromatic carboxylic acids is 1. The number of anilines is 1. The van der Waals surface area contributed by atoms with Gasteiger partial charge in [0.1, 0.15) is 11.6 Å². The molecule has 3 N–H and O–H groups in total. The van der Waals surface area contributed by atoms with Crippen molar-refractivity contribution in [2.45, 2.75) is 19.9 Å². The van der Waals surface area contributed by atoms with Gasteiger partial charge in [-0.15, -0.1) is 0 Å². The van der Waals surface area contributed by atoms with Gasteiger partial charge in [-0.2, -0.15) is 0 Å². The first-order valence-corrected chi connectivity index (χ1v) is 6.25. The van der Waals surface area contributed by atoms with E-state index in [1.165, 1.54) is 12.1 Å². The van der Waals surface area contributed by atoms with E-state index in [1.54, 1.807) is 12.1 Å². The highest BCUT2D eigenvalue weighted by Gasteiger charge is 2.04. The summed E-state index contributed by atoms with van der Waals surface area (Å²) in [5, 5.41) is 11.9. The fraction of sp³-hybridized carbons (Fsp3) is 0.214. The summed E-state index contributed by atoms with van der Waals surface area (Å²) in [6.07, 6.45) is 0.638. The molecule has 20 heavy (non-hydrogen) atoms. The van der Waals surface area contributed by atoms with Crippen LogP contribution in [-0.2, 0) is 13.0 Å². The molecule has 0 unspecified atom stereocenters. The van der Waals surface area contributed by atoms with Crippen LogP contribution >= 0.6 is 0 Å². The van der Waals surface area contributed by atoms with Crippen molar-refractivity contribution in [3.63, 3.8) is 0 Å². The number of carboxylic acid groups (broad SMARTS) is 1. The molecule has 6 nitrogen and oxygen atoms in total. The summed E-state index contributed by atoms with van der Waals surface area (Å²) >= 11 is 0. The normalized spacial score (nSPS) is 10.2. The van der Waals surface area contributed by atoms with E-state index in [4.69, 9.17) is 5.11 Å². The molecule has 0 fully saturated rings. The topological polar surface area (TPSA) is 95.1 Å². The molecule has 0 spiro atoms. The Bertz CT molecular complexity index is 679. The molecule has 2 aromatic rings. The number of aryl methyl sites for hydroxylation is 1. The molecule has 1 aromatic carbocycles. The van der Waals surface area contributed by atoms with Crippen molar-refractivity contribution < 1.29 is 9.90 Å². The van der Waals surface area contributed by atoms with Crippen LogP contribution in [-0.4, -0.2) is 21.0 Å². The van der Waals surface area contributed by atoms with Gasteiger partial charge in [-0.05, 0) is 17.7 Å². The minimum Gasteiger partial charge on any atom is -0.478 e. The number of rotatable bonds is 5. The second-order valence-electron chi connectivity index (χ2n) is 4.29. The second kappa shape index (κ2) is 6.01. The fourth-order valence-electron chi connectivity index (χ4n) is 1.77. The van der Waals surface area contributed by atoms with Crippen LogP contribution in [0.3, 0.4) is 0 Å². The van der Waals surface area contributed by atoms with Crippen LogP contribution in [0.5, 0.6) is 0 Å². The summed E-state index contributed by atoms with van der Waals surface area (Å²) in [5.74, 6) is 0.125. The zero-order valence-corrected chi connectivity index (χ0v) is 11.0. The Morgan fingerprint density at radius 2 is 2.20 bits per heavy atom. The maximum absolute atomic E-state index is 11.4. The Balaban J connectivity index is 2.12. The molecule has 1 heterocycles. The van der Waals surface area contributed by atoms with Gasteiger partial charge >= 0.3 is 5.97 Å². The van der Waals surface area contributed by atoms with Gasteiger partial charge < -0.3 is 15.4 Å². The third kappa shape index (κ3) is 3.44. The first kappa shape index (κ1) is 13.8. The van der Waals surface area contributed by atoms with Crippen molar-refractivity contribution in [3.8, 4) is 0 Å². The van der Waals surface area contributed by atoms with Gasteiger partial charge in [0, 0.05) is 19.0 Å². The molecular weight excluding hydrogens is 258 g/mol. The van der Waals surface area contributed by atoms with E-state index >= 15 is 0 Å². The first-order valence-electron chi connectivity index (χ1n) is 6.25. The number of carbonyl (C=O) groups is 1. The van der Waals surface area contributed by atoms with E-state index in [2.05, 4.69) is 15.3 Å². The van der Waals surface area contributed by atoms with Crippen LogP contribution in [0.1, 0.15) is 28.7 Å². The number of hydrogen-bond donors (Lipinski definition) is 3. The number of aromatic nitrogens is 2. The summed E-state index contributed by atoms with van der Waals surface area (Å²) < 4.78 is 0. The van der Waals surface area contributed by atoms with Gasteiger partial charge in [0.05, 0.1) is 5.56 Å². The number of benzene rings is 1. The highest BCUT2D eigenvalue weighted by molar-refractivity contribution is 5.87. The van der Waals surface area contributed by atoms with Crippen LogP contribution in [0, 0.1) is 0 Å². The maximum atomic E-state index is 11.4. The van der Waals surface area contributed by atoms with E-state index in [9.17, 15) is 9.59 Å². The predicted molar refractivity (Wildman–Crippen MR) is 75.0 cm³/mol. The third-order valence-electron chi connectivity index (χ3n) is 2.77. The quantitative estimate of drug-likeness (QED) is 0.769. The van der Waals surface area contributed by atoms with Crippen molar-refractivity contribution in [2.75, 3.05) is 5.32 Å². The first-order chi connectivity index (χ1) is 9.58. The molecule has 0 saturated carbocycles. The molecule has 0 saturated heterocycles. The van der Waals surface area contributed by atoms with Gasteiger partial charge in [0.25, 0.3) is 5.56 Å². The van der Waals surface area contributed by atoms with Crippen molar-refractivity contribution in [3.05, 3.63) is 57.6 Å². The van der Waals surface area contributed by atoms with Crippen LogP contribution < -0.4 is 10.9 Å². The monoisotopic (exact) mass is 273 g/mol. The van der Waals surface area contributed by atoms with Crippen molar-refractivity contribution in [2.24, 2.45) is 0 Å². The number of nitrogens with zero attached hydrogens (tertiary/aromatic N) is 1. The van der Waals surface area contributed by atoms with Crippen molar-refractivity contribution >= 4 is 11.8 Å². The lowest BCUT2D eigenvalue weighted by Gasteiger charge is -2.07. The SMILES string of the molecule is CCc1nc(NCc2cccc(C(=O)O)c2)cc(=O)[nH]1. The summed E-state index contributed by atoms with van der Waals surface area (Å²) in [6.45, 7) is 2.30. The molecule has 0 atom stereocenters. The average Bonchev–Trinajstić information content (AvgIpc) is 2.44. The van der Waals surface area contributed by atoms with E-state index in [1.807, 2.05) is 13.0 Å². The van der Waals surface area contributed by atoms with Gasteiger partial charge in [-0.25, -0.2) is 9.78 Å². The molecule has 0 aliphatic carbocycles. The number of H-pyrrole nitrogens is 1. The molecule has 0 radical (unpaired) electrons. The molecule has 0 aliphatic heterocycles. The summed E-state index contributed by atoms with van der Waals surface area (Å²) in [5.41, 5.74) is 0.834. The summed E-state index contributed by atoms with van der Waals surface area (Å²) in [7, 11) is 0. The highest BCUT2D eigenvalue weighted by atomic mass is 16.4. The third-order valence-corrected chi connectivity index (χ3v) is 2.77. The fourth-order valence-corrected chi connectivity index (χ4v) is 1.77. The van der Waals surface area contributed by atoms with Crippen molar-refractivity contribution in [1.29, 1.82) is 0 Å². The Kier molecular flexibility index (Phi) is 4.14. The van der Waals surface area contributed by atoms with E-state index in [0.29, 0.717) is 24.6 Å². The standard InChI is InChI=1S/C14H15N3O3/c1-2-11-16-12(7-13(18)17-11)15-8-9-4-3-5-10(6-9)14(19)20/h3-7H,2,8H2,1H3,(H,19,20)(H2,15,16,17,18). The average molecular weight is 273 g/mol. The lowest BCUT2D eigenvalue weighted by Crippen LogP contribution is -2.13. The molecule has 0 bridgehead atoms. The molecule has 0 aliphatic rings. The molecule has 6 heteroatoms. The van der Waals surface area contributed by atoms with E-state index in [0.717, 1.165) is 5.56 Å². The lowest BCUT2D eigenvalue weighted by atomic mass is 10.1. The van der Waals surface area contributed by atoms with E-state index < -0.39 is 5.97 Å². The Morgan fingerprint density at radius 1 is 1.40 bits per heavy atom. The van der Waals surface area contributed by atoms with Crippen LogP contribution in [0.25, 0.3) is 0 Å². The number of carboxylic acids is 1. The van der Waals surface area contributed by atoms with Crippen LogP contribution in [0.4, 0.5) is 5.82 Å². The van der Waals surface area contributed by atoms with Gasteiger partial charge in [-0.1, -0.05) is 19.1 Å². The van der Waals surface area contributed by atoms with E-state index in [-0.39, 0.29) is 11.1 Å². The summed E-state index contributed by atoms with van der Waals surface area (Å²) in [4.78, 5) is 29.2. The molecule has 1 aromatic heterocycles. The molecular formula is C14H15N3O3. The highest BCUT2D eigenvalue weighted by Crippen LogP contribution is 2.08. The Labute approximate surface area is 115 Å². The smallest absolute Gasteiger partial charge is 0.335 e. The molecule has 2 rings (SSSR count). The lowest BCUT2D eigenvalue weighted by molar-refractivity contribution is 0.0697. The van der Waals surface area contributed by atoms with Gasteiger partial charge in [0.2, 0.25) is 0 Å². The number of aromatic amines is 1. The second-order valence-corrected chi connectivity index (χ2v) is 4.29. The molecule has 104 valence electrons. The zero-order chi connectivity index (χ0) is 14.5. The number of nitrogens with one attached hydrogen (secondary N) is 2. The zero-order valence-electron chi connectivity index (χ0n) is 11.0. The predicted octanol–water partition coefficient (Wildman–Crippen LogP) is 1.64. The number of hydrogen-bond acceptors (Lipinski definition) is 4.